The molecule has 9 nitrogen and oxygen atoms in total. The van der Waals surface area contributed by atoms with Crippen LogP contribution in [0.2, 0.25) is 5.02 Å². The lowest BCUT2D eigenvalue weighted by molar-refractivity contribution is -0.385. The fraction of sp³-hybridized carbons (Fsp3) is 0.278. The third-order valence-electron chi connectivity index (χ3n) is 4.53. The van der Waals surface area contributed by atoms with E-state index in [4.69, 9.17) is 16.3 Å². The van der Waals surface area contributed by atoms with E-state index in [0.29, 0.717) is 5.56 Å². The van der Waals surface area contributed by atoms with Crippen molar-refractivity contribution in [2.24, 2.45) is 0 Å². The summed E-state index contributed by atoms with van der Waals surface area (Å²) in [5, 5.41) is 13.7. The third-order valence-corrected chi connectivity index (χ3v) is 6.91. The van der Waals surface area contributed by atoms with Crippen LogP contribution in [0.25, 0.3) is 0 Å². The highest BCUT2D eigenvalue weighted by molar-refractivity contribution is 7.89. The monoisotopic (exact) mass is 439 g/mol. The second-order valence-corrected chi connectivity index (χ2v) is 8.64. The summed E-state index contributed by atoms with van der Waals surface area (Å²) < 4.78 is 32.2. The summed E-state index contributed by atoms with van der Waals surface area (Å²) in [5.41, 5.74) is 0.486. The Bertz CT molecular complexity index is 1070. The summed E-state index contributed by atoms with van der Waals surface area (Å²) >= 11 is 6.10. The second-order valence-electron chi connectivity index (χ2n) is 6.32. The number of ether oxygens (including phenoxy) is 1. The molecule has 1 aliphatic rings. The average Bonchev–Trinajstić information content (AvgIpc) is 2.70. The molecule has 2 aromatic carbocycles. The molecular weight excluding hydrogens is 422 g/mol. The smallest absolute Gasteiger partial charge is 0.274 e. The van der Waals surface area contributed by atoms with Crippen LogP contribution in [0.4, 0.5) is 11.4 Å². The molecule has 0 unspecified atom stereocenters. The van der Waals surface area contributed by atoms with Crippen LogP contribution in [0.5, 0.6) is 0 Å². The zero-order valence-electron chi connectivity index (χ0n) is 15.4. The van der Waals surface area contributed by atoms with Gasteiger partial charge >= 0.3 is 0 Å². The van der Waals surface area contributed by atoms with Crippen molar-refractivity contribution in [3.63, 3.8) is 0 Å². The summed E-state index contributed by atoms with van der Waals surface area (Å²) in [7, 11) is -3.90. The normalized spacial score (nSPS) is 15.1. The molecule has 1 heterocycles. The zero-order chi connectivity index (χ0) is 21.2. The molecule has 1 amide bonds. The van der Waals surface area contributed by atoms with Gasteiger partial charge in [-0.2, -0.15) is 4.31 Å². The minimum Gasteiger partial charge on any atom is -0.379 e. The van der Waals surface area contributed by atoms with Crippen LogP contribution in [-0.2, 0) is 14.8 Å². The summed E-state index contributed by atoms with van der Waals surface area (Å²) in [4.78, 5) is 23.0. The fourth-order valence-electron chi connectivity index (χ4n) is 2.92. The molecule has 0 saturated carbocycles. The van der Waals surface area contributed by atoms with Crippen molar-refractivity contribution >= 4 is 38.9 Å². The maximum absolute atomic E-state index is 12.9. The van der Waals surface area contributed by atoms with Crippen LogP contribution in [0.15, 0.2) is 41.3 Å². The van der Waals surface area contributed by atoms with Crippen LogP contribution in [0.1, 0.15) is 15.9 Å². The number of nitro benzene ring substituents is 1. The summed E-state index contributed by atoms with van der Waals surface area (Å²) in [6.45, 7) is 2.47. The van der Waals surface area contributed by atoms with Crippen molar-refractivity contribution in [2.75, 3.05) is 31.6 Å². The molecule has 1 fully saturated rings. The van der Waals surface area contributed by atoms with E-state index >= 15 is 0 Å². The topological polar surface area (TPSA) is 119 Å². The molecule has 3 rings (SSSR count). The van der Waals surface area contributed by atoms with E-state index in [0.717, 1.165) is 0 Å². The Labute approximate surface area is 172 Å². The molecule has 1 N–H and O–H groups in total. The van der Waals surface area contributed by atoms with Gasteiger partial charge < -0.3 is 10.1 Å². The maximum atomic E-state index is 12.9. The fourth-order valence-corrected chi connectivity index (χ4v) is 4.83. The molecule has 1 aliphatic heterocycles. The van der Waals surface area contributed by atoms with Gasteiger partial charge in [0, 0.05) is 24.7 Å². The number of nitro groups is 1. The van der Waals surface area contributed by atoms with Gasteiger partial charge in [-0.3, -0.25) is 14.9 Å². The number of benzene rings is 2. The lowest BCUT2D eigenvalue weighted by atomic mass is 10.1. The van der Waals surface area contributed by atoms with Crippen LogP contribution in [-0.4, -0.2) is 49.9 Å². The number of morpholine rings is 1. The molecule has 0 aromatic heterocycles. The minimum atomic E-state index is -3.90. The van der Waals surface area contributed by atoms with Gasteiger partial charge in [-0.1, -0.05) is 17.7 Å². The number of hydrogen-bond acceptors (Lipinski definition) is 6. The lowest BCUT2D eigenvalue weighted by Gasteiger charge is -2.26. The minimum absolute atomic E-state index is 0.000397. The van der Waals surface area contributed by atoms with E-state index in [1.165, 1.54) is 47.6 Å². The molecule has 0 spiro atoms. The molecule has 0 radical (unpaired) electrons. The quantitative estimate of drug-likeness (QED) is 0.565. The number of halogens is 1. The molecular formula is C18H18ClN3O6S. The average molecular weight is 440 g/mol. The number of carbonyl (C=O) groups is 1. The van der Waals surface area contributed by atoms with Crippen molar-refractivity contribution in [2.45, 2.75) is 11.8 Å². The number of nitrogens with one attached hydrogen (secondary N) is 1. The molecule has 0 bridgehead atoms. The number of anilines is 1. The van der Waals surface area contributed by atoms with Gasteiger partial charge in [0.1, 0.15) is 4.90 Å². The van der Waals surface area contributed by atoms with E-state index in [1.807, 2.05) is 0 Å². The highest BCUT2D eigenvalue weighted by atomic mass is 35.5. The Kier molecular flexibility index (Phi) is 6.18. The second kappa shape index (κ2) is 8.46. The van der Waals surface area contributed by atoms with Crippen molar-refractivity contribution in [3.05, 3.63) is 62.7 Å². The molecule has 11 heteroatoms. The standard InChI is InChI=1S/C18H18ClN3O6S/c1-12-15(3-2-4-16(12)22(24)25)20-18(23)13-5-6-14(19)17(11-13)29(26,27)21-7-9-28-10-8-21/h2-6,11H,7-10H2,1H3,(H,20,23). The Balaban J connectivity index is 1.91. The molecule has 2 aromatic rings. The lowest BCUT2D eigenvalue weighted by Crippen LogP contribution is -2.40. The number of nitrogens with zero attached hydrogens (tertiary/aromatic N) is 2. The Hall–Kier alpha value is -2.53. The van der Waals surface area contributed by atoms with Gasteiger partial charge in [0.15, 0.2) is 0 Å². The van der Waals surface area contributed by atoms with Crippen molar-refractivity contribution in [1.29, 1.82) is 0 Å². The van der Waals surface area contributed by atoms with Crippen molar-refractivity contribution in [3.8, 4) is 0 Å². The largest absolute Gasteiger partial charge is 0.379 e. The van der Waals surface area contributed by atoms with E-state index < -0.39 is 20.9 Å². The predicted octanol–water partition coefficient (Wildman–Crippen LogP) is 2.83. The highest BCUT2D eigenvalue weighted by Gasteiger charge is 2.29. The van der Waals surface area contributed by atoms with Gasteiger partial charge in [-0.25, -0.2) is 8.42 Å². The number of sulfonamides is 1. The first-order valence-corrected chi connectivity index (χ1v) is 10.5. The summed E-state index contributed by atoms with van der Waals surface area (Å²) in [6.07, 6.45) is 0. The van der Waals surface area contributed by atoms with Crippen LogP contribution in [0.3, 0.4) is 0 Å². The molecule has 154 valence electrons. The zero-order valence-corrected chi connectivity index (χ0v) is 17.0. The summed E-state index contributed by atoms with van der Waals surface area (Å²) in [5.74, 6) is -0.608. The van der Waals surface area contributed by atoms with Gasteiger partial charge in [0.2, 0.25) is 10.0 Å². The Morgan fingerprint density at radius 3 is 2.59 bits per heavy atom. The predicted molar refractivity (Wildman–Crippen MR) is 107 cm³/mol. The molecule has 0 aliphatic carbocycles. The highest BCUT2D eigenvalue weighted by Crippen LogP contribution is 2.28. The van der Waals surface area contributed by atoms with Gasteiger partial charge in [0.25, 0.3) is 11.6 Å². The van der Waals surface area contributed by atoms with Crippen LogP contribution < -0.4 is 5.32 Å². The van der Waals surface area contributed by atoms with Gasteiger partial charge in [-0.05, 0) is 31.2 Å². The summed E-state index contributed by atoms with van der Waals surface area (Å²) in [6, 6.07) is 8.25. The molecule has 29 heavy (non-hydrogen) atoms. The number of carbonyl (C=O) groups excluding carboxylic acids is 1. The first kappa shape index (κ1) is 21.2. The van der Waals surface area contributed by atoms with E-state index in [-0.39, 0.29) is 53.2 Å². The SMILES string of the molecule is Cc1c(NC(=O)c2ccc(Cl)c(S(=O)(=O)N3CCOCC3)c2)cccc1[N+](=O)[O-]. The maximum Gasteiger partial charge on any atom is 0.274 e. The van der Waals surface area contributed by atoms with Gasteiger partial charge in [-0.15, -0.1) is 0 Å². The Morgan fingerprint density at radius 1 is 1.24 bits per heavy atom. The first-order valence-electron chi connectivity index (χ1n) is 8.64. The van der Waals surface area contributed by atoms with E-state index in [2.05, 4.69) is 5.32 Å². The van der Waals surface area contributed by atoms with Crippen molar-refractivity contribution < 1.29 is 22.9 Å². The van der Waals surface area contributed by atoms with E-state index in [1.54, 1.807) is 0 Å². The Morgan fingerprint density at radius 2 is 1.93 bits per heavy atom. The number of amides is 1. The van der Waals surface area contributed by atoms with Gasteiger partial charge in [0.05, 0.1) is 34.4 Å². The van der Waals surface area contributed by atoms with Crippen LogP contribution >= 0.6 is 11.6 Å². The molecule has 0 atom stereocenters. The number of hydrogen-bond donors (Lipinski definition) is 1. The van der Waals surface area contributed by atoms with E-state index in [9.17, 15) is 23.3 Å². The molecule has 1 saturated heterocycles. The van der Waals surface area contributed by atoms with Crippen LogP contribution in [0, 0.1) is 17.0 Å². The van der Waals surface area contributed by atoms with Crippen molar-refractivity contribution in [1.82, 2.24) is 4.31 Å². The number of rotatable bonds is 5. The third kappa shape index (κ3) is 4.40. The first-order chi connectivity index (χ1) is 13.7.